The lowest BCUT2D eigenvalue weighted by Crippen LogP contribution is -2.39. The van der Waals surface area contributed by atoms with E-state index in [1.54, 1.807) is 0 Å². The van der Waals surface area contributed by atoms with E-state index in [2.05, 4.69) is 44.9 Å². The molecule has 2 aliphatic rings. The molecule has 0 aromatic carbocycles. The molecule has 2 aromatic heterocycles. The van der Waals surface area contributed by atoms with Gasteiger partial charge in [0.15, 0.2) is 5.69 Å². The minimum absolute atomic E-state index is 0.104. The number of carbonyl (C=O) groups is 1. The summed E-state index contributed by atoms with van der Waals surface area (Å²) in [6, 6.07) is 0. The summed E-state index contributed by atoms with van der Waals surface area (Å²) >= 11 is 0. The summed E-state index contributed by atoms with van der Waals surface area (Å²) in [5.41, 5.74) is 3.00. The first-order valence-corrected chi connectivity index (χ1v) is 10.6. The van der Waals surface area contributed by atoms with Crippen LogP contribution in [0.4, 0.5) is 0 Å². The van der Waals surface area contributed by atoms with Gasteiger partial charge < -0.3 is 14.4 Å². The Morgan fingerprint density at radius 2 is 2.04 bits per heavy atom. The lowest BCUT2D eigenvalue weighted by molar-refractivity contribution is 0.0703. The third kappa shape index (κ3) is 3.99. The summed E-state index contributed by atoms with van der Waals surface area (Å²) in [5.74, 6) is 1.72. The number of nitrogens with one attached hydrogen (secondary N) is 1. The maximum absolute atomic E-state index is 13.0. The van der Waals surface area contributed by atoms with Crippen LogP contribution in [0, 0.1) is 0 Å². The van der Waals surface area contributed by atoms with Crippen LogP contribution in [-0.2, 0) is 19.4 Å². The highest BCUT2D eigenvalue weighted by Crippen LogP contribution is 2.29. The highest BCUT2D eigenvalue weighted by Gasteiger charge is 2.30. The van der Waals surface area contributed by atoms with Crippen LogP contribution in [0.25, 0.3) is 0 Å². The van der Waals surface area contributed by atoms with Gasteiger partial charge in [-0.1, -0.05) is 0 Å². The van der Waals surface area contributed by atoms with Gasteiger partial charge >= 0.3 is 0 Å². The van der Waals surface area contributed by atoms with Crippen molar-refractivity contribution in [2.45, 2.75) is 57.4 Å². The van der Waals surface area contributed by atoms with Crippen molar-refractivity contribution in [3.63, 3.8) is 0 Å². The Labute approximate surface area is 167 Å². The van der Waals surface area contributed by atoms with E-state index >= 15 is 0 Å². The number of likely N-dealkylation sites (tertiary alicyclic amines) is 1. The first-order valence-electron chi connectivity index (χ1n) is 10.6. The molecule has 152 valence electrons. The minimum Gasteiger partial charge on any atom is -0.337 e. The fourth-order valence-corrected chi connectivity index (χ4v) is 4.58. The first-order chi connectivity index (χ1) is 13.6. The summed E-state index contributed by atoms with van der Waals surface area (Å²) in [6.07, 6.45) is 11.4. The molecular weight excluding hydrogens is 352 g/mol. The molecule has 4 rings (SSSR count). The fourth-order valence-electron chi connectivity index (χ4n) is 4.58. The van der Waals surface area contributed by atoms with Crippen molar-refractivity contribution in [2.24, 2.45) is 0 Å². The third-order valence-corrected chi connectivity index (χ3v) is 6.16. The van der Waals surface area contributed by atoms with Gasteiger partial charge in [-0.25, -0.2) is 4.98 Å². The SMILES string of the molecule is CN(C)CCCn1ccnc1C1CCN(C(=O)c2n[nH]c3c2CCCC3)CC1. The number of fused-ring (bicyclic) bond motifs is 1. The molecule has 0 radical (unpaired) electrons. The number of aromatic nitrogens is 4. The molecule has 0 bridgehead atoms. The Morgan fingerprint density at radius 3 is 2.82 bits per heavy atom. The Kier molecular flexibility index (Phi) is 5.80. The second-order valence-electron chi connectivity index (χ2n) is 8.44. The fraction of sp³-hybridized carbons (Fsp3) is 0.667. The molecule has 0 atom stereocenters. The van der Waals surface area contributed by atoms with Crippen molar-refractivity contribution in [3.05, 3.63) is 35.2 Å². The Bertz CT molecular complexity index is 800. The van der Waals surface area contributed by atoms with Crippen molar-refractivity contribution in [1.82, 2.24) is 29.5 Å². The summed E-state index contributed by atoms with van der Waals surface area (Å²) in [5, 5.41) is 7.47. The molecule has 0 unspecified atom stereocenters. The third-order valence-electron chi connectivity index (χ3n) is 6.16. The van der Waals surface area contributed by atoms with E-state index in [9.17, 15) is 4.79 Å². The molecule has 1 fully saturated rings. The number of hydrogen-bond acceptors (Lipinski definition) is 4. The molecular formula is C21H32N6O. The normalized spacial score (nSPS) is 17.9. The number of nitrogens with zero attached hydrogens (tertiary/aromatic N) is 5. The van der Waals surface area contributed by atoms with Gasteiger partial charge in [0.2, 0.25) is 0 Å². The molecule has 3 heterocycles. The van der Waals surface area contributed by atoms with Crippen LogP contribution in [0.15, 0.2) is 12.4 Å². The van der Waals surface area contributed by atoms with E-state index < -0.39 is 0 Å². The zero-order chi connectivity index (χ0) is 19.5. The highest BCUT2D eigenvalue weighted by atomic mass is 16.2. The number of rotatable bonds is 6. The topological polar surface area (TPSA) is 70.1 Å². The average Bonchev–Trinajstić information content (AvgIpc) is 3.34. The summed E-state index contributed by atoms with van der Waals surface area (Å²) in [4.78, 5) is 21.9. The minimum atomic E-state index is 0.104. The zero-order valence-electron chi connectivity index (χ0n) is 17.2. The summed E-state index contributed by atoms with van der Waals surface area (Å²) < 4.78 is 2.30. The molecule has 1 aliphatic heterocycles. The van der Waals surface area contributed by atoms with Crippen LogP contribution in [0.1, 0.15) is 65.6 Å². The van der Waals surface area contributed by atoms with Crippen LogP contribution in [-0.4, -0.2) is 69.2 Å². The van der Waals surface area contributed by atoms with Crippen molar-refractivity contribution >= 4 is 5.91 Å². The number of hydrogen-bond donors (Lipinski definition) is 1. The van der Waals surface area contributed by atoms with Gasteiger partial charge in [0.1, 0.15) is 5.82 Å². The van der Waals surface area contributed by atoms with Gasteiger partial charge in [0.25, 0.3) is 5.91 Å². The molecule has 1 aliphatic carbocycles. The van der Waals surface area contributed by atoms with Crippen LogP contribution >= 0.6 is 0 Å². The van der Waals surface area contributed by atoms with Gasteiger partial charge in [0.05, 0.1) is 0 Å². The lowest BCUT2D eigenvalue weighted by atomic mass is 9.93. The van der Waals surface area contributed by atoms with Gasteiger partial charge in [-0.15, -0.1) is 0 Å². The standard InChI is InChI=1S/C21H32N6O/c1-25(2)11-5-12-26-15-10-22-20(26)16-8-13-27(14-9-16)21(28)19-17-6-3-4-7-18(17)23-24-19/h10,15-16H,3-9,11-14H2,1-2H3,(H,23,24). The van der Waals surface area contributed by atoms with Crippen molar-refractivity contribution in [3.8, 4) is 0 Å². The molecule has 0 saturated carbocycles. The number of aryl methyl sites for hydroxylation is 2. The van der Waals surface area contributed by atoms with Gasteiger partial charge in [-0.3, -0.25) is 9.89 Å². The number of imidazole rings is 1. The number of carbonyl (C=O) groups excluding carboxylic acids is 1. The zero-order valence-corrected chi connectivity index (χ0v) is 17.2. The van der Waals surface area contributed by atoms with E-state index in [0.29, 0.717) is 11.6 Å². The largest absolute Gasteiger partial charge is 0.337 e. The number of H-pyrrole nitrogens is 1. The molecule has 28 heavy (non-hydrogen) atoms. The molecule has 1 amide bonds. The van der Waals surface area contributed by atoms with E-state index in [4.69, 9.17) is 0 Å². The first kappa shape index (κ1) is 19.2. The van der Waals surface area contributed by atoms with Gasteiger partial charge in [-0.05, 0) is 65.6 Å². The van der Waals surface area contributed by atoms with Crippen LogP contribution in [0.3, 0.4) is 0 Å². The van der Waals surface area contributed by atoms with Gasteiger partial charge in [0, 0.05) is 49.2 Å². The number of amides is 1. The molecule has 0 spiro atoms. The van der Waals surface area contributed by atoms with E-state index in [1.807, 2.05) is 11.1 Å². The van der Waals surface area contributed by atoms with E-state index in [0.717, 1.165) is 70.3 Å². The summed E-state index contributed by atoms with van der Waals surface area (Å²) in [7, 11) is 4.22. The Hall–Kier alpha value is -2.15. The second-order valence-corrected chi connectivity index (χ2v) is 8.44. The predicted molar refractivity (Wildman–Crippen MR) is 109 cm³/mol. The van der Waals surface area contributed by atoms with Crippen molar-refractivity contribution < 1.29 is 4.79 Å². The Balaban J connectivity index is 1.36. The maximum Gasteiger partial charge on any atom is 0.274 e. The molecule has 7 heteroatoms. The van der Waals surface area contributed by atoms with Crippen LogP contribution in [0.2, 0.25) is 0 Å². The van der Waals surface area contributed by atoms with E-state index in [-0.39, 0.29) is 5.91 Å². The number of aromatic amines is 1. The quantitative estimate of drug-likeness (QED) is 0.831. The molecule has 1 N–H and O–H groups in total. The van der Waals surface area contributed by atoms with Crippen molar-refractivity contribution in [1.29, 1.82) is 0 Å². The summed E-state index contributed by atoms with van der Waals surface area (Å²) in [6.45, 7) is 3.66. The molecule has 1 saturated heterocycles. The highest BCUT2D eigenvalue weighted by molar-refractivity contribution is 5.94. The maximum atomic E-state index is 13.0. The average molecular weight is 385 g/mol. The smallest absolute Gasteiger partial charge is 0.274 e. The van der Waals surface area contributed by atoms with Crippen molar-refractivity contribution in [2.75, 3.05) is 33.7 Å². The molecule has 2 aromatic rings. The van der Waals surface area contributed by atoms with E-state index in [1.165, 1.54) is 17.9 Å². The lowest BCUT2D eigenvalue weighted by Gasteiger charge is -2.32. The number of piperidine rings is 1. The predicted octanol–water partition coefficient (Wildman–Crippen LogP) is 2.46. The van der Waals surface area contributed by atoms with Crippen LogP contribution in [0.5, 0.6) is 0 Å². The Morgan fingerprint density at radius 1 is 1.25 bits per heavy atom. The van der Waals surface area contributed by atoms with Gasteiger partial charge in [-0.2, -0.15) is 5.10 Å². The monoisotopic (exact) mass is 384 g/mol. The van der Waals surface area contributed by atoms with Crippen LogP contribution < -0.4 is 0 Å². The molecule has 7 nitrogen and oxygen atoms in total. The second kappa shape index (κ2) is 8.47.